The van der Waals surface area contributed by atoms with Gasteiger partial charge >= 0.3 is 5.97 Å². The smallest absolute Gasteiger partial charge is 0.328 e. The number of nitrogens with zero attached hydrogens (tertiary/aromatic N) is 1. The van der Waals surface area contributed by atoms with Crippen molar-refractivity contribution in [3.8, 4) is 0 Å². The van der Waals surface area contributed by atoms with Gasteiger partial charge in [0, 0.05) is 25.1 Å². The molecule has 0 aromatic rings. The van der Waals surface area contributed by atoms with Gasteiger partial charge in [-0.05, 0) is 18.4 Å². The Hall–Kier alpha value is -0.690. The normalized spacial score (nSPS) is 20.5. The number of carbonyl (C=O) groups is 3. The molecule has 0 radical (unpaired) electrons. The van der Waals surface area contributed by atoms with Crippen LogP contribution >= 0.6 is 23.5 Å². The molecule has 0 bridgehead atoms. The summed E-state index contributed by atoms with van der Waals surface area (Å²) in [6, 6.07) is -0.525. The molecule has 1 aliphatic heterocycles. The quantitative estimate of drug-likeness (QED) is 0.686. The minimum atomic E-state index is -0.525. The van der Waals surface area contributed by atoms with E-state index < -0.39 is 6.04 Å². The highest BCUT2D eigenvalue weighted by Crippen LogP contribution is 2.27. The van der Waals surface area contributed by atoms with Crippen LogP contribution in [0.1, 0.15) is 19.8 Å². The van der Waals surface area contributed by atoms with Gasteiger partial charge in [0.1, 0.15) is 6.04 Å². The zero-order valence-corrected chi connectivity index (χ0v) is 13.0. The lowest BCUT2D eigenvalue weighted by molar-refractivity contribution is -0.151. The van der Waals surface area contributed by atoms with E-state index >= 15 is 0 Å². The molecular weight excluding hydrogens is 286 g/mol. The molecule has 0 aliphatic carbocycles. The number of hydrogen-bond donors (Lipinski definition) is 0. The lowest BCUT2D eigenvalue weighted by Crippen LogP contribution is -2.43. The van der Waals surface area contributed by atoms with Crippen LogP contribution in [0.5, 0.6) is 0 Å². The number of amides is 1. The molecule has 0 spiro atoms. The van der Waals surface area contributed by atoms with Crippen LogP contribution in [0.15, 0.2) is 0 Å². The number of methoxy groups -OCH3 is 1. The average Bonchev–Trinajstić information content (AvgIpc) is 2.69. The SMILES string of the molecule is COC(=O)C(CCSC)N1CC(SC(C)=O)CC1=O. The summed E-state index contributed by atoms with van der Waals surface area (Å²) in [6.45, 7) is 1.93. The fraction of sp³-hybridized carbons (Fsp3) is 0.750. The van der Waals surface area contributed by atoms with Gasteiger partial charge in [-0.15, -0.1) is 0 Å². The predicted octanol–water partition coefficient (Wildman–Crippen LogP) is 1.16. The van der Waals surface area contributed by atoms with Gasteiger partial charge in [-0.25, -0.2) is 4.79 Å². The molecule has 7 heteroatoms. The molecule has 108 valence electrons. The van der Waals surface area contributed by atoms with Gasteiger partial charge in [-0.1, -0.05) is 11.8 Å². The maximum atomic E-state index is 12.0. The second-order valence-corrected chi connectivity index (χ2v) is 6.76. The first-order chi connectivity index (χ1) is 8.99. The largest absolute Gasteiger partial charge is 0.467 e. The zero-order valence-electron chi connectivity index (χ0n) is 11.4. The minimum Gasteiger partial charge on any atom is -0.467 e. The van der Waals surface area contributed by atoms with Gasteiger partial charge in [0.15, 0.2) is 5.12 Å². The van der Waals surface area contributed by atoms with Crippen LogP contribution in [0.2, 0.25) is 0 Å². The van der Waals surface area contributed by atoms with Crippen LogP contribution in [0.4, 0.5) is 0 Å². The summed E-state index contributed by atoms with van der Waals surface area (Å²) in [5.74, 6) is 0.333. The highest BCUT2D eigenvalue weighted by Gasteiger charge is 2.38. The van der Waals surface area contributed by atoms with Crippen LogP contribution in [-0.2, 0) is 19.1 Å². The number of hydrogen-bond acceptors (Lipinski definition) is 6. The van der Waals surface area contributed by atoms with E-state index in [9.17, 15) is 14.4 Å². The number of likely N-dealkylation sites (tertiary alicyclic amines) is 1. The molecule has 0 aromatic carbocycles. The average molecular weight is 305 g/mol. The zero-order chi connectivity index (χ0) is 14.4. The van der Waals surface area contributed by atoms with Gasteiger partial charge in [0.25, 0.3) is 0 Å². The van der Waals surface area contributed by atoms with Crippen LogP contribution in [0.3, 0.4) is 0 Å². The molecule has 0 N–H and O–H groups in total. The van der Waals surface area contributed by atoms with Crippen molar-refractivity contribution in [3.63, 3.8) is 0 Å². The van der Waals surface area contributed by atoms with Crippen molar-refractivity contribution >= 4 is 40.5 Å². The second-order valence-electron chi connectivity index (χ2n) is 4.30. The van der Waals surface area contributed by atoms with Crippen molar-refractivity contribution in [1.29, 1.82) is 0 Å². The maximum absolute atomic E-state index is 12.0. The summed E-state index contributed by atoms with van der Waals surface area (Å²) in [7, 11) is 1.33. The summed E-state index contributed by atoms with van der Waals surface area (Å²) < 4.78 is 4.77. The van der Waals surface area contributed by atoms with E-state index in [0.717, 1.165) is 5.75 Å². The Morgan fingerprint density at radius 3 is 2.74 bits per heavy atom. The Labute approximate surface area is 121 Å². The number of esters is 1. The van der Waals surface area contributed by atoms with Crippen LogP contribution in [0.25, 0.3) is 0 Å². The van der Waals surface area contributed by atoms with E-state index in [1.54, 1.807) is 16.7 Å². The van der Waals surface area contributed by atoms with Gasteiger partial charge in [0.2, 0.25) is 5.91 Å². The van der Waals surface area contributed by atoms with E-state index in [0.29, 0.717) is 19.4 Å². The van der Waals surface area contributed by atoms with Crippen molar-refractivity contribution in [1.82, 2.24) is 4.90 Å². The Morgan fingerprint density at radius 1 is 1.53 bits per heavy atom. The molecule has 1 fully saturated rings. The third kappa shape index (κ3) is 4.72. The number of ether oxygens (including phenoxy) is 1. The number of rotatable bonds is 6. The van der Waals surface area contributed by atoms with E-state index in [-0.39, 0.29) is 22.2 Å². The van der Waals surface area contributed by atoms with E-state index in [1.807, 2.05) is 6.26 Å². The topological polar surface area (TPSA) is 63.7 Å². The van der Waals surface area contributed by atoms with Gasteiger partial charge in [-0.3, -0.25) is 9.59 Å². The fourth-order valence-corrected chi connectivity index (χ4v) is 3.47. The maximum Gasteiger partial charge on any atom is 0.328 e. The van der Waals surface area contributed by atoms with Crippen molar-refractivity contribution in [2.24, 2.45) is 0 Å². The van der Waals surface area contributed by atoms with Crippen LogP contribution in [-0.4, -0.2) is 58.8 Å². The first-order valence-electron chi connectivity index (χ1n) is 6.03. The molecule has 2 atom stereocenters. The molecule has 0 aromatic heterocycles. The molecule has 1 rings (SSSR count). The third-order valence-electron chi connectivity index (χ3n) is 2.90. The molecule has 1 amide bonds. The highest BCUT2D eigenvalue weighted by atomic mass is 32.2. The Bertz CT molecular complexity index is 362. The second kappa shape index (κ2) is 7.79. The van der Waals surface area contributed by atoms with Crippen molar-refractivity contribution in [2.45, 2.75) is 31.1 Å². The summed E-state index contributed by atoms with van der Waals surface area (Å²) in [5, 5.41) is -0.0511. The molecule has 1 saturated heterocycles. The highest BCUT2D eigenvalue weighted by molar-refractivity contribution is 8.14. The van der Waals surface area contributed by atoms with E-state index in [2.05, 4.69) is 0 Å². The molecule has 2 unspecified atom stereocenters. The lowest BCUT2D eigenvalue weighted by atomic mass is 10.2. The summed E-state index contributed by atoms with van der Waals surface area (Å²) in [6.07, 6.45) is 2.85. The number of carbonyl (C=O) groups excluding carboxylic acids is 3. The van der Waals surface area contributed by atoms with Crippen molar-refractivity contribution < 1.29 is 19.1 Å². The fourth-order valence-electron chi connectivity index (χ4n) is 2.08. The van der Waals surface area contributed by atoms with Crippen molar-refractivity contribution in [3.05, 3.63) is 0 Å². The molecule has 1 heterocycles. The Kier molecular flexibility index (Phi) is 6.71. The molecule has 0 saturated carbocycles. The van der Waals surface area contributed by atoms with Gasteiger partial charge in [-0.2, -0.15) is 11.8 Å². The molecule has 1 aliphatic rings. The third-order valence-corrected chi connectivity index (χ3v) is 4.53. The summed E-state index contributed by atoms with van der Waals surface area (Å²) in [5.41, 5.74) is 0. The Balaban J connectivity index is 2.70. The van der Waals surface area contributed by atoms with Gasteiger partial charge < -0.3 is 9.64 Å². The predicted molar refractivity (Wildman–Crippen MR) is 77.2 cm³/mol. The number of thioether (sulfide) groups is 2. The Morgan fingerprint density at radius 2 is 2.21 bits per heavy atom. The van der Waals surface area contributed by atoms with Crippen LogP contribution < -0.4 is 0 Å². The van der Waals surface area contributed by atoms with Crippen molar-refractivity contribution in [2.75, 3.05) is 25.7 Å². The molecule has 5 nitrogen and oxygen atoms in total. The monoisotopic (exact) mass is 305 g/mol. The minimum absolute atomic E-state index is 0.00150. The first-order valence-corrected chi connectivity index (χ1v) is 8.30. The lowest BCUT2D eigenvalue weighted by Gasteiger charge is -2.25. The van der Waals surface area contributed by atoms with Crippen LogP contribution in [0, 0.1) is 0 Å². The van der Waals surface area contributed by atoms with E-state index in [1.165, 1.54) is 25.8 Å². The summed E-state index contributed by atoms with van der Waals surface area (Å²) in [4.78, 5) is 36.4. The molecular formula is C12H19NO4S2. The first kappa shape index (κ1) is 16.4. The summed E-state index contributed by atoms with van der Waals surface area (Å²) >= 11 is 2.80. The standard InChI is InChI=1S/C12H19NO4S2/c1-8(14)19-9-6-11(15)13(7-9)10(4-5-18-3)12(16)17-2/h9-10H,4-7H2,1-3H3. The molecule has 19 heavy (non-hydrogen) atoms. The van der Waals surface area contributed by atoms with Gasteiger partial charge in [0.05, 0.1) is 7.11 Å². The van der Waals surface area contributed by atoms with E-state index in [4.69, 9.17) is 4.74 Å².